The molecule has 30 heavy (non-hydrogen) atoms. The van der Waals surface area contributed by atoms with E-state index in [1.54, 1.807) is 38.5 Å². The normalized spacial score (nSPS) is 14.7. The van der Waals surface area contributed by atoms with Crippen LogP contribution in [0.2, 0.25) is 0 Å². The highest BCUT2D eigenvalue weighted by Crippen LogP contribution is 2.28. The Hall–Kier alpha value is -2.99. The second-order valence-corrected chi connectivity index (χ2v) is 7.24. The summed E-state index contributed by atoms with van der Waals surface area (Å²) < 4.78 is 16.2. The van der Waals surface area contributed by atoms with Crippen LogP contribution >= 0.6 is 0 Å². The van der Waals surface area contributed by atoms with E-state index >= 15 is 0 Å². The molecule has 0 aromatic heterocycles. The van der Waals surface area contributed by atoms with Crippen molar-refractivity contribution in [3.05, 3.63) is 66.2 Å². The largest absolute Gasteiger partial charge is 0.497 e. The highest BCUT2D eigenvalue weighted by atomic mass is 16.5. The van der Waals surface area contributed by atoms with Crippen molar-refractivity contribution in [1.29, 1.82) is 0 Å². The molecule has 0 unspecified atom stereocenters. The SMILES string of the molecule is C=CCOc1ccc(C(=O)N2CCCN(Cc3ccc(OC)cc3)CC2)cc1OC. The maximum atomic E-state index is 13.1. The zero-order valence-electron chi connectivity index (χ0n) is 17.8. The lowest BCUT2D eigenvalue weighted by Crippen LogP contribution is -2.35. The van der Waals surface area contributed by atoms with Crippen LogP contribution in [-0.4, -0.2) is 62.7 Å². The first-order valence-corrected chi connectivity index (χ1v) is 10.2. The molecular weight excluding hydrogens is 380 g/mol. The minimum atomic E-state index is 0.0230. The van der Waals surface area contributed by atoms with Crippen LogP contribution in [0, 0.1) is 0 Å². The van der Waals surface area contributed by atoms with Gasteiger partial charge in [0, 0.05) is 38.3 Å². The van der Waals surface area contributed by atoms with Gasteiger partial charge in [-0.25, -0.2) is 0 Å². The van der Waals surface area contributed by atoms with Crippen LogP contribution in [0.5, 0.6) is 17.2 Å². The van der Waals surface area contributed by atoms with Gasteiger partial charge in [0.25, 0.3) is 5.91 Å². The van der Waals surface area contributed by atoms with Crippen molar-refractivity contribution in [1.82, 2.24) is 9.80 Å². The predicted octanol–water partition coefficient (Wildman–Crippen LogP) is 3.62. The second kappa shape index (κ2) is 10.7. The first-order chi connectivity index (χ1) is 14.6. The summed E-state index contributed by atoms with van der Waals surface area (Å²) in [5, 5.41) is 0. The van der Waals surface area contributed by atoms with Crippen LogP contribution in [0.1, 0.15) is 22.3 Å². The zero-order valence-corrected chi connectivity index (χ0v) is 17.8. The topological polar surface area (TPSA) is 51.2 Å². The Morgan fingerprint density at radius 2 is 1.80 bits per heavy atom. The summed E-state index contributed by atoms with van der Waals surface area (Å²) in [6.45, 7) is 8.16. The van der Waals surface area contributed by atoms with Crippen LogP contribution in [-0.2, 0) is 6.54 Å². The molecule has 1 aliphatic rings. The average Bonchev–Trinajstić information content (AvgIpc) is 3.03. The Bertz CT molecular complexity index is 851. The lowest BCUT2D eigenvalue weighted by Gasteiger charge is -2.22. The maximum Gasteiger partial charge on any atom is 0.254 e. The second-order valence-electron chi connectivity index (χ2n) is 7.24. The van der Waals surface area contributed by atoms with E-state index in [1.165, 1.54) is 5.56 Å². The van der Waals surface area contributed by atoms with Crippen LogP contribution in [0.4, 0.5) is 0 Å². The molecule has 6 heteroatoms. The highest BCUT2D eigenvalue weighted by Gasteiger charge is 2.21. The van der Waals surface area contributed by atoms with E-state index in [2.05, 4.69) is 23.6 Å². The highest BCUT2D eigenvalue weighted by molar-refractivity contribution is 5.95. The van der Waals surface area contributed by atoms with Crippen molar-refractivity contribution in [2.24, 2.45) is 0 Å². The first kappa shape index (κ1) is 21.7. The number of methoxy groups -OCH3 is 2. The molecule has 1 heterocycles. The Morgan fingerprint density at radius 1 is 1.00 bits per heavy atom. The lowest BCUT2D eigenvalue weighted by atomic mass is 10.1. The van der Waals surface area contributed by atoms with Gasteiger partial charge in [-0.3, -0.25) is 9.69 Å². The van der Waals surface area contributed by atoms with Gasteiger partial charge < -0.3 is 19.1 Å². The Morgan fingerprint density at radius 3 is 2.50 bits per heavy atom. The van der Waals surface area contributed by atoms with E-state index < -0.39 is 0 Å². The number of hydrogen-bond acceptors (Lipinski definition) is 5. The number of nitrogens with zero attached hydrogens (tertiary/aromatic N) is 2. The number of carbonyl (C=O) groups excluding carboxylic acids is 1. The number of amides is 1. The van der Waals surface area contributed by atoms with Gasteiger partial charge in [0.2, 0.25) is 0 Å². The summed E-state index contributed by atoms with van der Waals surface area (Å²) >= 11 is 0. The van der Waals surface area contributed by atoms with Gasteiger partial charge in [0.1, 0.15) is 12.4 Å². The third kappa shape index (κ3) is 5.54. The quantitative estimate of drug-likeness (QED) is 0.622. The molecular formula is C24H30N2O4. The first-order valence-electron chi connectivity index (χ1n) is 10.2. The molecule has 1 fully saturated rings. The third-order valence-corrected chi connectivity index (χ3v) is 5.21. The van der Waals surface area contributed by atoms with Crippen LogP contribution in [0.15, 0.2) is 55.1 Å². The van der Waals surface area contributed by atoms with Gasteiger partial charge in [0.05, 0.1) is 14.2 Å². The Kier molecular flexibility index (Phi) is 7.74. The molecule has 0 aliphatic carbocycles. The molecule has 0 N–H and O–H groups in total. The number of benzene rings is 2. The van der Waals surface area contributed by atoms with Crippen molar-refractivity contribution in [3.8, 4) is 17.2 Å². The molecule has 3 rings (SSSR count). The smallest absolute Gasteiger partial charge is 0.254 e. The third-order valence-electron chi connectivity index (χ3n) is 5.21. The number of rotatable bonds is 8. The maximum absolute atomic E-state index is 13.1. The fourth-order valence-corrected chi connectivity index (χ4v) is 3.57. The summed E-state index contributed by atoms with van der Waals surface area (Å²) in [7, 11) is 3.25. The van der Waals surface area contributed by atoms with Crippen LogP contribution in [0.3, 0.4) is 0 Å². The molecule has 0 spiro atoms. The number of ether oxygens (including phenoxy) is 3. The zero-order chi connectivity index (χ0) is 21.3. The average molecular weight is 411 g/mol. The number of carbonyl (C=O) groups is 1. The fourth-order valence-electron chi connectivity index (χ4n) is 3.57. The van der Waals surface area contributed by atoms with Crippen LogP contribution in [0.25, 0.3) is 0 Å². The van der Waals surface area contributed by atoms with E-state index in [1.807, 2.05) is 17.0 Å². The summed E-state index contributed by atoms with van der Waals surface area (Å²) in [6.07, 6.45) is 2.62. The molecule has 2 aromatic carbocycles. The van der Waals surface area contributed by atoms with Crippen molar-refractivity contribution >= 4 is 5.91 Å². The minimum absolute atomic E-state index is 0.0230. The van der Waals surface area contributed by atoms with Gasteiger partial charge in [-0.2, -0.15) is 0 Å². The van der Waals surface area contributed by atoms with Crippen LogP contribution < -0.4 is 14.2 Å². The monoisotopic (exact) mass is 410 g/mol. The van der Waals surface area contributed by atoms with Crippen molar-refractivity contribution in [2.75, 3.05) is 47.0 Å². The predicted molar refractivity (Wildman–Crippen MR) is 117 cm³/mol. The molecule has 0 atom stereocenters. The molecule has 1 aliphatic heterocycles. The molecule has 1 saturated heterocycles. The molecule has 6 nitrogen and oxygen atoms in total. The Balaban J connectivity index is 1.61. The van der Waals surface area contributed by atoms with Crippen molar-refractivity contribution in [3.63, 3.8) is 0 Å². The van der Waals surface area contributed by atoms with Crippen molar-refractivity contribution < 1.29 is 19.0 Å². The summed E-state index contributed by atoms with van der Waals surface area (Å²) in [6, 6.07) is 13.5. The molecule has 0 saturated carbocycles. The van der Waals surface area contributed by atoms with E-state index in [9.17, 15) is 4.79 Å². The lowest BCUT2D eigenvalue weighted by molar-refractivity contribution is 0.0760. The summed E-state index contributed by atoms with van der Waals surface area (Å²) in [4.78, 5) is 17.4. The van der Waals surface area contributed by atoms with Crippen molar-refractivity contribution in [2.45, 2.75) is 13.0 Å². The number of hydrogen-bond donors (Lipinski definition) is 0. The van der Waals surface area contributed by atoms with Gasteiger partial charge in [-0.15, -0.1) is 0 Å². The molecule has 1 amide bonds. The standard InChI is InChI=1S/C24H30N2O4/c1-4-16-30-22-11-8-20(17-23(22)29-3)24(27)26-13-5-12-25(14-15-26)18-19-6-9-21(28-2)10-7-19/h4,6-11,17H,1,5,12-16,18H2,2-3H3. The van der Waals surface area contributed by atoms with E-state index in [-0.39, 0.29) is 5.91 Å². The molecule has 0 radical (unpaired) electrons. The fraction of sp³-hybridized carbons (Fsp3) is 0.375. The van der Waals surface area contributed by atoms with E-state index in [4.69, 9.17) is 14.2 Å². The Labute approximate surface area is 178 Å². The van der Waals surface area contributed by atoms with Gasteiger partial charge in [-0.1, -0.05) is 24.8 Å². The van der Waals surface area contributed by atoms with Gasteiger partial charge >= 0.3 is 0 Å². The van der Waals surface area contributed by atoms with E-state index in [0.717, 1.165) is 38.3 Å². The van der Waals surface area contributed by atoms with Gasteiger partial charge in [-0.05, 0) is 42.3 Å². The summed E-state index contributed by atoms with van der Waals surface area (Å²) in [5.74, 6) is 2.05. The summed E-state index contributed by atoms with van der Waals surface area (Å²) in [5.41, 5.74) is 1.86. The molecule has 0 bridgehead atoms. The van der Waals surface area contributed by atoms with E-state index in [0.29, 0.717) is 30.2 Å². The molecule has 160 valence electrons. The van der Waals surface area contributed by atoms with Gasteiger partial charge in [0.15, 0.2) is 11.5 Å². The minimum Gasteiger partial charge on any atom is -0.497 e. The molecule has 2 aromatic rings.